The lowest BCUT2D eigenvalue weighted by molar-refractivity contribution is -0.384. The van der Waals surface area contributed by atoms with Gasteiger partial charge in [0.05, 0.1) is 23.6 Å². The molecule has 1 unspecified atom stereocenters. The molecule has 1 saturated heterocycles. The van der Waals surface area contributed by atoms with Gasteiger partial charge in [-0.15, -0.1) is 11.3 Å². The standard InChI is InChI=1S/C17H19N3O6S2/c1-26-15-7-6-13(20(22)23)10-14(15)18-17(21)12-4-2-8-19(11-12)28(24,25)16-5-3-9-27-16/h3,5-7,9-10,12H,2,4,8,11H2,1H3,(H,18,21). The molecule has 1 N–H and O–H groups in total. The van der Waals surface area contributed by atoms with Crippen LogP contribution < -0.4 is 10.1 Å². The van der Waals surface area contributed by atoms with Crippen LogP contribution in [-0.2, 0) is 14.8 Å². The summed E-state index contributed by atoms with van der Waals surface area (Å²) in [7, 11) is -2.24. The lowest BCUT2D eigenvalue weighted by Crippen LogP contribution is -2.43. The number of non-ortho nitro benzene ring substituents is 1. The first-order valence-corrected chi connectivity index (χ1v) is 10.8. The van der Waals surface area contributed by atoms with Gasteiger partial charge < -0.3 is 10.1 Å². The van der Waals surface area contributed by atoms with Crippen molar-refractivity contribution >= 4 is 38.6 Å². The molecule has 28 heavy (non-hydrogen) atoms. The number of hydrogen-bond donors (Lipinski definition) is 1. The Morgan fingerprint density at radius 3 is 2.82 bits per heavy atom. The van der Waals surface area contributed by atoms with E-state index in [2.05, 4.69) is 5.32 Å². The second-order valence-corrected chi connectivity index (χ2v) is 9.38. The van der Waals surface area contributed by atoms with Crippen LogP contribution in [0.25, 0.3) is 0 Å². The van der Waals surface area contributed by atoms with E-state index in [4.69, 9.17) is 4.74 Å². The lowest BCUT2D eigenvalue weighted by atomic mass is 9.98. The third-order valence-corrected chi connectivity index (χ3v) is 7.73. The number of sulfonamides is 1. The molecule has 1 aromatic heterocycles. The summed E-state index contributed by atoms with van der Waals surface area (Å²) in [6.45, 7) is 0.410. The highest BCUT2D eigenvalue weighted by molar-refractivity contribution is 7.91. The number of benzene rings is 1. The summed E-state index contributed by atoms with van der Waals surface area (Å²) in [4.78, 5) is 23.1. The number of nitrogens with zero attached hydrogens (tertiary/aromatic N) is 2. The number of carbonyl (C=O) groups excluding carboxylic acids is 1. The number of rotatable bonds is 6. The van der Waals surface area contributed by atoms with Crippen molar-refractivity contribution in [3.63, 3.8) is 0 Å². The van der Waals surface area contributed by atoms with Crippen LogP contribution in [0.3, 0.4) is 0 Å². The lowest BCUT2D eigenvalue weighted by Gasteiger charge is -2.30. The highest BCUT2D eigenvalue weighted by atomic mass is 32.2. The van der Waals surface area contributed by atoms with E-state index in [0.717, 1.165) is 11.3 Å². The highest BCUT2D eigenvalue weighted by Gasteiger charge is 2.34. The first-order valence-electron chi connectivity index (χ1n) is 8.50. The number of methoxy groups -OCH3 is 1. The topological polar surface area (TPSA) is 119 Å². The van der Waals surface area contributed by atoms with Crippen LogP contribution in [0.5, 0.6) is 5.75 Å². The molecule has 1 atom stereocenters. The highest BCUT2D eigenvalue weighted by Crippen LogP contribution is 2.31. The van der Waals surface area contributed by atoms with Gasteiger partial charge in [0, 0.05) is 25.2 Å². The first kappa shape index (κ1) is 20.2. The van der Waals surface area contributed by atoms with E-state index in [1.54, 1.807) is 11.4 Å². The minimum Gasteiger partial charge on any atom is -0.495 e. The van der Waals surface area contributed by atoms with Crippen LogP contribution in [0, 0.1) is 16.0 Å². The third-order valence-electron chi connectivity index (χ3n) is 4.50. The zero-order valence-electron chi connectivity index (χ0n) is 15.0. The fourth-order valence-electron chi connectivity index (χ4n) is 3.05. The first-order chi connectivity index (χ1) is 13.3. The minimum atomic E-state index is -3.63. The molecule has 11 heteroatoms. The molecule has 1 fully saturated rings. The van der Waals surface area contributed by atoms with Gasteiger partial charge in [-0.25, -0.2) is 8.42 Å². The molecule has 0 radical (unpaired) electrons. The minimum absolute atomic E-state index is 0.0588. The fourth-order valence-corrected chi connectivity index (χ4v) is 5.72. The molecule has 9 nitrogen and oxygen atoms in total. The molecule has 0 bridgehead atoms. The van der Waals surface area contributed by atoms with Crippen molar-refractivity contribution in [2.24, 2.45) is 5.92 Å². The summed E-state index contributed by atoms with van der Waals surface area (Å²) in [5, 5.41) is 15.3. The molecule has 1 amide bonds. The maximum Gasteiger partial charge on any atom is 0.271 e. The molecular weight excluding hydrogens is 406 g/mol. The van der Waals surface area contributed by atoms with Gasteiger partial charge in [-0.1, -0.05) is 6.07 Å². The maximum atomic E-state index is 12.7. The summed E-state index contributed by atoms with van der Waals surface area (Å²) in [6, 6.07) is 7.12. The Hall–Kier alpha value is -2.50. The summed E-state index contributed by atoms with van der Waals surface area (Å²) < 4.78 is 32.1. The molecule has 0 spiro atoms. The van der Waals surface area contributed by atoms with Gasteiger partial charge in [0.25, 0.3) is 15.7 Å². The average Bonchev–Trinajstić information content (AvgIpc) is 3.23. The van der Waals surface area contributed by atoms with Crippen LogP contribution in [0.1, 0.15) is 12.8 Å². The van der Waals surface area contributed by atoms with Gasteiger partial charge in [-0.2, -0.15) is 4.31 Å². The number of piperidine rings is 1. The number of hydrogen-bond acceptors (Lipinski definition) is 7. The smallest absolute Gasteiger partial charge is 0.271 e. The van der Waals surface area contributed by atoms with Crippen molar-refractivity contribution in [2.45, 2.75) is 17.1 Å². The van der Waals surface area contributed by atoms with E-state index in [1.807, 2.05) is 0 Å². The van der Waals surface area contributed by atoms with Gasteiger partial charge >= 0.3 is 0 Å². The van der Waals surface area contributed by atoms with Crippen LogP contribution >= 0.6 is 11.3 Å². The number of ether oxygens (including phenoxy) is 1. The molecule has 1 aliphatic rings. The van der Waals surface area contributed by atoms with Gasteiger partial charge in [-0.05, 0) is 30.4 Å². The zero-order valence-corrected chi connectivity index (χ0v) is 16.7. The molecule has 2 aromatic rings. The van der Waals surface area contributed by atoms with Crippen molar-refractivity contribution < 1.29 is 22.9 Å². The summed E-state index contributed by atoms with van der Waals surface area (Å²) in [5.74, 6) is -0.671. The van der Waals surface area contributed by atoms with E-state index < -0.39 is 26.8 Å². The predicted octanol–water partition coefficient (Wildman–Crippen LogP) is 2.70. The Morgan fingerprint density at radius 1 is 1.39 bits per heavy atom. The van der Waals surface area contributed by atoms with Crippen LogP contribution in [0.2, 0.25) is 0 Å². The fraction of sp³-hybridized carbons (Fsp3) is 0.353. The zero-order chi connectivity index (χ0) is 20.3. The van der Waals surface area contributed by atoms with Crippen molar-refractivity contribution in [2.75, 3.05) is 25.5 Å². The molecular formula is C17H19N3O6S2. The molecule has 0 saturated carbocycles. The predicted molar refractivity (Wildman–Crippen MR) is 104 cm³/mol. The summed E-state index contributed by atoms with van der Waals surface area (Å²) in [6.07, 6.45) is 1.08. The second-order valence-electron chi connectivity index (χ2n) is 6.27. The normalized spacial score (nSPS) is 17.8. The van der Waals surface area contributed by atoms with E-state index in [-0.39, 0.29) is 27.9 Å². The van der Waals surface area contributed by atoms with Crippen molar-refractivity contribution in [1.82, 2.24) is 4.31 Å². The summed E-state index contributed by atoms with van der Waals surface area (Å²) >= 11 is 1.13. The van der Waals surface area contributed by atoms with Crippen LogP contribution in [0.4, 0.5) is 11.4 Å². The van der Waals surface area contributed by atoms with Gasteiger partial charge in [0.2, 0.25) is 5.91 Å². The van der Waals surface area contributed by atoms with Crippen molar-refractivity contribution in [1.29, 1.82) is 0 Å². The van der Waals surface area contributed by atoms with Crippen molar-refractivity contribution in [3.05, 3.63) is 45.8 Å². The van der Waals surface area contributed by atoms with Gasteiger partial charge in [0.1, 0.15) is 9.96 Å². The number of anilines is 1. The molecule has 3 rings (SSSR count). The Labute approximate surface area is 166 Å². The molecule has 150 valence electrons. The molecule has 0 aliphatic carbocycles. The van der Waals surface area contributed by atoms with E-state index in [9.17, 15) is 23.3 Å². The average molecular weight is 425 g/mol. The van der Waals surface area contributed by atoms with Gasteiger partial charge in [0.15, 0.2) is 0 Å². The molecule has 1 aromatic carbocycles. The van der Waals surface area contributed by atoms with E-state index in [1.165, 1.54) is 35.7 Å². The monoisotopic (exact) mass is 425 g/mol. The molecule has 2 heterocycles. The SMILES string of the molecule is COc1ccc([N+](=O)[O-])cc1NC(=O)C1CCCN(S(=O)(=O)c2cccs2)C1. The van der Waals surface area contributed by atoms with E-state index in [0.29, 0.717) is 19.4 Å². The second kappa shape index (κ2) is 8.25. The van der Waals surface area contributed by atoms with E-state index >= 15 is 0 Å². The number of thiophene rings is 1. The maximum absolute atomic E-state index is 12.7. The summed E-state index contributed by atoms with van der Waals surface area (Å²) in [5.41, 5.74) is 0.00146. The Balaban J connectivity index is 1.76. The Morgan fingerprint density at radius 2 is 2.18 bits per heavy atom. The van der Waals surface area contributed by atoms with Crippen molar-refractivity contribution in [3.8, 4) is 5.75 Å². The number of carbonyl (C=O) groups is 1. The third kappa shape index (κ3) is 4.16. The Bertz CT molecular complexity index is 975. The number of amides is 1. The number of nitro groups is 1. The van der Waals surface area contributed by atoms with Crippen LogP contribution in [0.15, 0.2) is 39.9 Å². The number of nitrogens with one attached hydrogen (secondary N) is 1. The Kier molecular flexibility index (Phi) is 5.96. The molecule has 1 aliphatic heterocycles. The number of nitro benzene ring substituents is 1. The van der Waals surface area contributed by atoms with Crippen LogP contribution in [-0.4, -0.2) is 43.8 Å². The quantitative estimate of drug-likeness (QED) is 0.561. The van der Waals surface area contributed by atoms with Gasteiger partial charge in [-0.3, -0.25) is 14.9 Å². The largest absolute Gasteiger partial charge is 0.495 e.